The molecule has 0 aromatic carbocycles. The number of anilines is 2. The fraction of sp³-hybridized carbons (Fsp3) is 0.353. The average Bonchev–Trinajstić information content (AvgIpc) is 3.01. The molecule has 1 aliphatic heterocycles. The van der Waals surface area contributed by atoms with Gasteiger partial charge in [-0.1, -0.05) is 0 Å². The van der Waals surface area contributed by atoms with Crippen LogP contribution in [0, 0.1) is 13.8 Å². The van der Waals surface area contributed by atoms with Crippen molar-refractivity contribution >= 4 is 11.8 Å². The van der Waals surface area contributed by atoms with Gasteiger partial charge in [-0.2, -0.15) is 20.1 Å². The minimum Gasteiger partial charge on any atom is -0.384 e. The van der Waals surface area contributed by atoms with E-state index in [1.54, 1.807) is 16.9 Å². The normalized spacial score (nSPS) is 14.6. The molecular weight excluding hydrogens is 332 g/mol. The van der Waals surface area contributed by atoms with Crippen LogP contribution in [-0.2, 0) is 4.74 Å². The Hall–Kier alpha value is -3.07. The Morgan fingerprint density at radius 2 is 1.81 bits per heavy atom. The van der Waals surface area contributed by atoms with Crippen molar-refractivity contribution in [1.29, 1.82) is 0 Å². The third kappa shape index (κ3) is 3.21. The van der Waals surface area contributed by atoms with Crippen molar-refractivity contribution in [2.24, 2.45) is 0 Å². The average molecular weight is 352 g/mol. The fourth-order valence-electron chi connectivity index (χ4n) is 2.85. The van der Waals surface area contributed by atoms with Gasteiger partial charge in [-0.3, -0.25) is 0 Å². The molecule has 0 unspecified atom stereocenters. The molecule has 9 nitrogen and oxygen atoms in total. The summed E-state index contributed by atoms with van der Waals surface area (Å²) in [5, 5.41) is 4.50. The first-order valence-corrected chi connectivity index (χ1v) is 8.44. The monoisotopic (exact) mass is 352 g/mol. The van der Waals surface area contributed by atoms with Crippen LogP contribution in [0.15, 0.2) is 24.4 Å². The number of hydrogen-bond donors (Lipinski definition) is 1. The summed E-state index contributed by atoms with van der Waals surface area (Å²) in [5.41, 5.74) is 8.34. The molecule has 4 heterocycles. The first kappa shape index (κ1) is 16.4. The third-order valence-corrected chi connectivity index (χ3v) is 4.15. The number of rotatable bonds is 3. The highest BCUT2D eigenvalue weighted by atomic mass is 16.5. The maximum Gasteiger partial charge on any atom is 0.256 e. The van der Waals surface area contributed by atoms with E-state index in [1.807, 2.05) is 26.0 Å². The molecule has 0 aliphatic carbocycles. The van der Waals surface area contributed by atoms with Crippen molar-refractivity contribution in [2.75, 3.05) is 36.9 Å². The molecule has 0 radical (unpaired) electrons. The molecule has 0 atom stereocenters. The van der Waals surface area contributed by atoms with Gasteiger partial charge in [-0.25, -0.2) is 9.67 Å². The number of aryl methyl sites for hydroxylation is 2. The Morgan fingerprint density at radius 1 is 1.04 bits per heavy atom. The van der Waals surface area contributed by atoms with Crippen molar-refractivity contribution in [2.45, 2.75) is 13.8 Å². The molecule has 0 bridgehead atoms. The minimum atomic E-state index is 0.454. The van der Waals surface area contributed by atoms with Crippen LogP contribution < -0.4 is 10.6 Å². The van der Waals surface area contributed by atoms with E-state index in [1.165, 1.54) is 0 Å². The molecule has 1 saturated heterocycles. The summed E-state index contributed by atoms with van der Waals surface area (Å²) in [6.45, 7) is 6.69. The number of nitrogens with two attached hydrogens (primary N) is 1. The summed E-state index contributed by atoms with van der Waals surface area (Å²) < 4.78 is 7.16. The van der Waals surface area contributed by atoms with Crippen molar-refractivity contribution < 1.29 is 4.74 Å². The Labute approximate surface area is 150 Å². The summed E-state index contributed by atoms with van der Waals surface area (Å²) in [4.78, 5) is 20.1. The standard InChI is InChI=1S/C17H20N8O/c1-11-9-12(2)25(23-11)17-21-15(13-3-4-14(18)19-10-13)20-16(22-17)24-5-7-26-8-6-24/h3-4,9-10H,5-8H2,1-2H3,(H2,18,19). The lowest BCUT2D eigenvalue weighted by Crippen LogP contribution is -2.37. The molecule has 4 rings (SSSR count). The van der Waals surface area contributed by atoms with E-state index < -0.39 is 0 Å². The summed E-state index contributed by atoms with van der Waals surface area (Å²) in [7, 11) is 0. The molecule has 1 fully saturated rings. The molecule has 26 heavy (non-hydrogen) atoms. The summed E-state index contributed by atoms with van der Waals surface area (Å²) in [6.07, 6.45) is 1.67. The van der Waals surface area contributed by atoms with E-state index in [0.717, 1.165) is 30.0 Å². The maximum absolute atomic E-state index is 5.69. The van der Waals surface area contributed by atoms with Crippen LogP contribution in [0.4, 0.5) is 11.8 Å². The summed E-state index contributed by atoms with van der Waals surface area (Å²) in [6, 6.07) is 5.57. The van der Waals surface area contributed by atoms with Crippen LogP contribution in [0.2, 0.25) is 0 Å². The van der Waals surface area contributed by atoms with E-state index in [-0.39, 0.29) is 0 Å². The van der Waals surface area contributed by atoms with E-state index >= 15 is 0 Å². The molecule has 2 N–H and O–H groups in total. The van der Waals surface area contributed by atoms with Crippen molar-refractivity contribution in [1.82, 2.24) is 29.7 Å². The molecule has 0 amide bonds. The molecule has 3 aromatic rings. The van der Waals surface area contributed by atoms with Gasteiger partial charge in [-0.05, 0) is 32.0 Å². The van der Waals surface area contributed by atoms with Crippen LogP contribution in [0.3, 0.4) is 0 Å². The van der Waals surface area contributed by atoms with Gasteiger partial charge in [-0.15, -0.1) is 0 Å². The van der Waals surface area contributed by atoms with Gasteiger partial charge in [0.2, 0.25) is 5.95 Å². The zero-order valence-electron chi connectivity index (χ0n) is 14.8. The van der Waals surface area contributed by atoms with Crippen LogP contribution >= 0.6 is 0 Å². The van der Waals surface area contributed by atoms with Gasteiger partial charge in [0.1, 0.15) is 5.82 Å². The zero-order chi connectivity index (χ0) is 18.1. The van der Waals surface area contributed by atoms with E-state index in [2.05, 4.69) is 29.9 Å². The van der Waals surface area contributed by atoms with Crippen LogP contribution in [0.25, 0.3) is 17.3 Å². The lowest BCUT2D eigenvalue weighted by atomic mass is 10.2. The molecule has 0 spiro atoms. The fourth-order valence-corrected chi connectivity index (χ4v) is 2.85. The smallest absolute Gasteiger partial charge is 0.256 e. The van der Waals surface area contributed by atoms with Gasteiger partial charge in [0, 0.05) is 30.5 Å². The minimum absolute atomic E-state index is 0.454. The molecule has 134 valence electrons. The largest absolute Gasteiger partial charge is 0.384 e. The topological polar surface area (TPSA) is 108 Å². The highest BCUT2D eigenvalue weighted by Crippen LogP contribution is 2.20. The zero-order valence-corrected chi connectivity index (χ0v) is 14.8. The summed E-state index contributed by atoms with van der Waals surface area (Å²) in [5.74, 6) is 2.09. The number of hydrogen-bond acceptors (Lipinski definition) is 8. The van der Waals surface area contributed by atoms with Crippen molar-refractivity contribution in [3.05, 3.63) is 35.8 Å². The van der Waals surface area contributed by atoms with E-state index in [9.17, 15) is 0 Å². The quantitative estimate of drug-likeness (QED) is 0.748. The molecular formula is C17H20N8O. The molecule has 3 aromatic heterocycles. The van der Waals surface area contributed by atoms with Crippen LogP contribution in [-0.4, -0.2) is 56.0 Å². The SMILES string of the molecule is Cc1cc(C)n(-c2nc(-c3ccc(N)nc3)nc(N3CCOCC3)n2)n1. The number of nitrogen functional groups attached to an aromatic ring is 1. The van der Waals surface area contributed by atoms with E-state index in [0.29, 0.717) is 36.8 Å². The first-order chi connectivity index (χ1) is 12.6. The molecule has 9 heteroatoms. The number of nitrogens with zero attached hydrogens (tertiary/aromatic N) is 7. The van der Waals surface area contributed by atoms with Crippen LogP contribution in [0.1, 0.15) is 11.4 Å². The van der Waals surface area contributed by atoms with Gasteiger partial charge in [0.25, 0.3) is 5.95 Å². The Kier molecular flexibility index (Phi) is 4.21. The van der Waals surface area contributed by atoms with Crippen molar-refractivity contribution in [3.8, 4) is 17.3 Å². The predicted molar refractivity (Wildman–Crippen MR) is 97.1 cm³/mol. The number of morpholine rings is 1. The van der Waals surface area contributed by atoms with Gasteiger partial charge in [0.15, 0.2) is 5.82 Å². The number of aromatic nitrogens is 6. The van der Waals surface area contributed by atoms with Crippen molar-refractivity contribution in [3.63, 3.8) is 0 Å². The van der Waals surface area contributed by atoms with Gasteiger partial charge >= 0.3 is 0 Å². The van der Waals surface area contributed by atoms with Crippen LogP contribution in [0.5, 0.6) is 0 Å². The second-order valence-corrected chi connectivity index (χ2v) is 6.17. The Bertz CT molecular complexity index is 915. The van der Waals surface area contributed by atoms with Gasteiger partial charge < -0.3 is 15.4 Å². The first-order valence-electron chi connectivity index (χ1n) is 8.44. The highest BCUT2D eigenvalue weighted by molar-refractivity contribution is 5.57. The maximum atomic E-state index is 5.69. The second kappa shape index (κ2) is 6.68. The Balaban J connectivity index is 1.83. The van der Waals surface area contributed by atoms with Gasteiger partial charge in [0.05, 0.1) is 18.9 Å². The van der Waals surface area contributed by atoms with E-state index in [4.69, 9.17) is 10.5 Å². The predicted octanol–water partition coefficient (Wildman–Crippen LogP) is 1.15. The highest BCUT2D eigenvalue weighted by Gasteiger charge is 2.19. The number of pyridine rings is 1. The number of ether oxygens (including phenoxy) is 1. The second-order valence-electron chi connectivity index (χ2n) is 6.17. The lowest BCUT2D eigenvalue weighted by Gasteiger charge is -2.27. The third-order valence-electron chi connectivity index (χ3n) is 4.15. The Morgan fingerprint density at radius 3 is 2.46 bits per heavy atom. The molecule has 1 aliphatic rings. The molecule has 0 saturated carbocycles. The summed E-state index contributed by atoms with van der Waals surface area (Å²) >= 11 is 0. The lowest BCUT2D eigenvalue weighted by molar-refractivity contribution is 0.122.